The maximum atomic E-state index is 13.5. The first-order valence-electron chi connectivity index (χ1n) is 8.79. The summed E-state index contributed by atoms with van der Waals surface area (Å²) in [6, 6.07) is 15.6. The monoisotopic (exact) mass is 377 g/mol. The fraction of sp³-hybridized carbons (Fsp3) is 0.190. The van der Waals surface area contributed by atoms with Gasteiger partial charge >= 0.3 is 0 Å². The molecule has 1 amide bonds. The van der Waals surface area contributed by atoms with Crippen LogP contribution in [-0.2, 0) is 0 Å². The Kier molecular flexibility index (Phi) is 4.49. The predicted octanol–water partition coefficient (Wildman–Crippen LogP) is 5.23. The molecule has 0 radical (unpaired) electrons. The second kappa shape index (κ2) is 6.96. The Morgan fingerprint density at radius 1 is 1.15 bits per heavy atom. The summed E-state index contributed by atoms with van der Waals surface area (Å²) in [5, 5.41) is 4.70. The normalized spacial score (nSPS) is 11.1. The van der Waals surface area contributed by atoms with E-state index in [4.69, 9.17) is 4.52 Å². The van der Waals surface area contributed by atoms with Gasteiger partial charge < -0.3 is 9.42 Å². The van der Waals surface area contributed by atoms with Crippen molar-refractivity contribution in [2.75, 3.05) is 11.4 Å². The van der Waals surface area contributed by atoms with E-state index in [0.29, 0.717) is 28.9 Å². The van der Waals surface area contributed by atoms with Gasteiger partial charge in [-0.25, -0.2) is 4.98 Å². The first-order chi connectivity index (χ1) is 13.1. The zero-order chi connectivity index (χ0) is 19.0. The average molecular weight is 377 g/mol. The van der Waals surface area contributed by atoms with E-state index in [1.54, 1.807) is 16.2 Å². The lowest BCUT2D eigenvalue weighted by atomic mass is 10.1. The molecule has 3 aromatic heterocycles. The number of carbonyl (C=O) groups excluding carboxylic acids is 1. The summed E-state index contributed by atoms with van der Waals surface area (Å²) in [5.41, 5.74) is 3.20. The predicted molar refractivity (Wildman–Crippen MR) is 108 cm³/mol. The largest absolute Gasteiger partial charge is 0.335 e. The molecular weight excluding hydrogens is 358 g/mol. The molecule has 5 nitrogen and oxygen atoms in total. The van der Waals surface area contributed by atoms with Crippen LogP contribution in [0.4, 0.5) is 5.69 Å². The van der Waals surface area contributed by atoms with E-state index in [1.807, 2.05) is 69.3 Å². The summed E-state index contributed by atoms with van der Waals surface area (Å²) < 4.78 is 5.40. The molecular formula is C21H19N3O2S. The number of benzene rings is 1. The van der Waals surface area contributed by atoms with Crippen molar-refractivity contribution >= 4 is 34.0 Å². The van der Waals surface area contributed by atoms with Crippen molar-refractivity contribution in [2.45, 2.75) is 20.8 Å². The van der Waals surface area contributed by atoms with Crippen LogP contribution in [0.1, 0.15) is 27.9 Å². The number of rotatable bonds is 4. The van der Waals surface area contributed by atoms with Crippen LogP contribution in [0.5, 0.6) is 0 Å². The van der Waals surface area contributed by atoms with Crippen LogP contribution in [0.15, 0.2) is 53.1 Å². The molecule has 0 unspecified atom stereocenters. The van der Waals surface area contributed by atoms with Gasteiger partial charge in [-0.05, 0) is 51.1 Å². The summed E-state index contributed by atoms with van der Waals surface area (Å²) in [4.78, 5) is 22.0. The summed E-state index contributed by atoms with van der Waals surface area (Å²) in [6.45, 7) is 6.40. The van der Waals surface area contributed by atoms with Crippen LogP contribution in [0.25, 0.3) is 21.7 Å². The number of pyridine rings is 1. The van der Waals surface area contributed by atoms with Gasteiger partial charge in [0.1, 0.15) is 0 Å². The SMILES string of the molecule is CCN(C(=O)c1cc(-c2ccc(C)s2)nc2onc(C)c12)c1ccccc1. The number of aryl methyl sites for hydroxylation is 2. The van der Waals surface area contributed by atoms with Crippen LogP contribution in [0.2, 0.25) is 0 Å². The number of aromatic nitrogens is 2. The van der Waals surface area contributed by atoms with E-state index in [-0.39, 0.29) is 5.91 Å². The summed E-state index contributed by atoms with van der Waals surface area (Å²) in [5.74, 6) is -0.0862. The molecule has 0 aliphatic carbocycles. The third-order valence-corrected chi connectivity index (χ3v) is 5.49. The molecule has 0 bridgehead atoms. The van der Waals surface area contributed by atoms with E-state index >= 15 is 0 Å². The third-order valence-electron chi connectivity index (χ3n) is 4.47. The van der Waals surface area contributed by atoms with Gasteiger partial charge in [0.2, 0.25) is 0 Å². The average Bonchev–Trinajstić information content (AvgIpc) is 3.28. The van der Waals surface area contributed by atoms with Crippen LogP contribution < -0.4 is 4.90 Å². The molecule has 136 valence electrons. The molecule has 1 aromatic carbocycles. The van der Waals surface area contributed by atoms with Crippen molar-refractivity contribution < 1.29 is 9.32 Å². The number of carbonyl (C=O) groups is 1. The number of para-hydroxylation sites is 1. The van der Waals surface area contributed by atoms with Crippen molar-refractivity contribution in [1.82, 2.24) is 10.1 Å². The van der Waals surface area contributed by atoms with Crippen molar-refractivity contribution in [3.05, 3.63) is 64.7 Å². The van der Waals surface area contributed by atoms with Gasteiger partial charge in [-0.3, -0.25) is 4.79 Å². The Bertz CT molecular complexity index is 1120. The topological polar surface area (TPSA) is 59.2 Å². The van der Waals surface area contributed by atoms with Gasteiger partial charge in [0.15, 0.2) is 0 Å². The highest BCUT2D eigenvalue weighted by Gasteiger charge is 2.24. The van der Waals surface area contributed by atoms with E-state index in [1.165, 1.54) is 4.88 Å². The van der Waals surface area contributed by atoms with Crippen molar-refractivity contribution in [3.8, 4) is 10.6 Å². The molecule has 0 fully saturated rings. The number of amides is 1. The van der Waals surface area contributed by atoms with Gasteiger partial charge in [-0.1, -0.05) is 23.4 Å². The lowest BCUT2D eigenvalue weighted by Gasteiger charge is -2.21. The van der Waals surface area contributed by atoms with Gasteiger partial charge in [-0.2, -0.15) is 0 Å². The molecule has 0 saturated carbocycles. The number of hydrogen-bond acceptors (Lipinski definition) is 5. The van der Waals surface area contributed by atoms with Crippen LogP contribution in [-0.4, -0.2) is 22.6 Å². The van der Waals surface area contributed by atoms with Crippen molar-refractivity contribution in [2.24, 2.45) is 0 Å². The molecule has 4 rings (SSSR count). The molecule has 6 heteroatoms. The lowest BCUT2D eigenvalue weighted by molar-refractivity contribution is 0.0990. The first kappa shape index (κ1) is 17.4. The van der Waals surface area contributed by atoms with E-state index in [2.05, 4.69) is 10.1 Å². The van der Waals surface area contributed by atoms with Crippen molar-refractivity contribution in [3.63, 3.8) is 0 Å². The highest BCUT2D eigenvalue weighted by Crippen LogP contribution is 2.32. The van der Waals surface area contributed by atoms with E-state index in [9.17, 15) is 4.79 Å². The Hall–Kier alpha value is -2.99. The number of fused-ring (bicyclic) bond motifs is 1. The maximum absolute atomic E-state index is 13.5. The summed E-state index contributed by atoms with van der Waals surface area (Å²) in [6.07, 6.45) is 0. The highest BCUT2D eigenvalue weighted by molar-refractivity contribution is 7.15. The van der Waals surface area contributed by atoms with Crippen molar-refractivity contribution in [1.29, 1.82) is 0 Å². The zero-order valence-electron chi connectivity index (χ0n) is 15.4. The first-order valence-corrected chi connectivity index (χ1v) is 9.61. The molecule has 3 heterocycles. The quantitative estimate of drug-likeness (QED) is 0.488. The minimum atomic E-state index is -0.0862. The van der Waals surface area contributed by atoms with Gasteiger partial charge in [0, 0.05) is 17.1 Å². The smallest absolute Gasteiger partial charge is 0.259 e. The molecule has 0 atom stereocenters. The lowest BCUT2D eigenvalue weighted by Crippen LogP contribution is -2.30. The Morgan fingerprint density at radius 3 is 2.59 bits per heavy atom. The molecule has 0 spiro atoms. The number of anilines is 1. The molecule has 0 aliphatic rings. The van der Waals surface area contributed by atoms with Gasteiger partial charge in [0.25, 0.3) is 11.6 Å². The summed E-state index contributed by atoms with van der Waals surface area (Å²) in [7, 11) is 0. The van der Waals surface area contributed by atoms with Crippen LogP contribution in [0.3, 0.4) is 0 Å². The molecule has 27 heavy (non-hydrogen) atoms. The Balaban J connectivity index is 1.88. The molecule has 0 aliphatic heterocycles. The van der Waals surface area contributed by atoms with Crippen LogP contribution in [0, 0.1) is 13.8 Å². The Labute approximate surface area is 161 Å². The number of hydrogen-bond donors (Lipinski definition) is 0. The van der Waals surface area contributed by atoms with Crippen LogP contribution >= 0.6 is 11.3 Å². The number of thiophene rings is 1. The van der Waals surface area contributed by atoms with Gasteiger partial charge in [-0.15, -0.1) is 11.3 Å². The molecule has 0 saturated heterocycles. The summed E-state index contributed by atoms with van der Waals surface area (Å²) >= 11 is 1.64. The minimum absolute atomic E-state index is 0.0862. The minimum Gasteiger partial charge on any atom is -0.335 e. The second-order valence-corrected chi connectivity index (χ2v) is 7.59. The third kappa shape index (κ3) is 3.13. The van der Waals surface area contributed by atoms with E-state index < -0.39 is 0 Å². The highest BCUT2D eigenvalue weighted by atomic mass is 32.1. The molecule has 4 aromatic rings. The maximum Gasteiger partial charge on any atom is 0.259 e. The standard InChI is InChI=1S/C21H19N3O2S/c1-4-24(15-8-6-5-7-9-15)21(25)16-12-17(18-11-10-13(2)27-18)22-20-19(16)14(3)23-26-20/h5-12H,4H2,1-3H3. The molecule has 0 N–H and O–H groups in total. The second-order valence-electron chi connectivity index (χ2n) is 6.30. The zero-order valence-corrected chi connectivity index (χ0v) is 16.2. The fourth-order valence-electron chi connectivity index (χ4n) is 3.16. The number of nitrogens with zero attached hydrogens (tertiary/aromatic N) is 3. The Morgan fingerprint density at radius 2 is 1.93 bits per heavy atom. The van der Waals surface area contributed by atoms with Gasteiger partial charge in [0.05, 0.1) is 27.2 Å². The van der Waals surface area contributed by atoms with E-state index in [0.717, 1.165) is 16.3 Å². The fourth-order valence-corrected chi connectivity index (χ4v) is 3.99.